The molecule has 4 nitrogen and oxygen atoms in total. The number of hydrogen-bond donors (Lipinski definition) is 1. The topological polar surface area (TPSA) is 55.6 Å². The van der Waals surface area contributed by atoms with Crippen LogP contribution in [0.4, 0.5) is 0 Å². The van der Waals surface area contributed by atoms with Crippen LogP contribution >= 0.6 is 0 Å². The predicted octanol–water partition coefficient (Wildman–Crippen LogP) is 1.39. The second kappa shape index (κ2) is 6.02. The Hall–Kier alpha value is -0.610. The lowest BCUT2D eigenvalue weighted by Crippen LogP contribution is -2.54. The lowest BCUT2D eigenvalue weighted by molar-refractivity contribution is -0.147. The van der Waals surface area contributed by atoms with Gasteiger partial charge in [-0.05, 0) is 44.4 Å². The molecule has 18 heavy (non-hydrogen) atoms. The first kappa shape index (κ1) is 13.8. The van der Waals surface area contributed by atoms with E-state index in [2.05, 4.69) is 6.92 Å². The molecule has 2 fully saturated rings. The van der Waals surface area contributed by atoms with Gasteiger partial charge in [0.25, 0.3) is 5.91 Å². The molecule has 0 bridgehead atoms. The third-order valence-electron chi connectivity index (χ3n) is 4.27. The Balaban J connectivity index is 1.88. The van der Waals surface area contributed by atoms with E-state index >= 15 is 0 Å². The van der Waals surface area contributed by atoms with E-state index in [4.69, 9.17) is 10.5 Å². The Labute approximate surface area is 110 Å². The van der Waals surface area contributed by atoms with E-state index in [1.807, 2.05) is 11.8 Å². The Bertz CT molecular complexity index is 292. The molecule has 2 aliphatic rings. The molecule has 0 aromatic carbocycles. The van der Waals surface area contributed by atoms with Gasteiger partial charge in [0.15, 0.2) is 0 Å². The molecule has 1 aliphatic heterocycles. The molecule has 0 aromatic heterocycles. The highest BCUT2D eigenvalue weighted by Crippen LogP contribution is 2.29. The Kier molecular flexibility index (Phi) is 4.62. The van der Waals surface area contributed by atoms with E-state index in [9.17, 15) is 4.79 Å². The zero-order valence-electron chi connectivity index (χ0n) is 11.6. The third kappa shape index (κ3) is 3.23. The van der Waals surface area contributed by atoms with Crippen molar-refractivity contribution in [1.82, 2.24) is 4.90 Å². The highest BCUT2D eigenvalue weighted by molar-refractivity contribution is 5.81. The molecule has 1 amide bonds. The van der Waals surface area contributed by atoms with Crippen LogP contribution in [0.3, 0.4) is 0 Å². The van der Waals surface area contributed by atoms with Gasteiger partial charge in [0.05, 0.1) is 6.61 Å². The van der Waals surface area contributed by atoms with Crippen LogP contribution in [0.2, 0.25) is 0 Å². The molecule has 1 aliphatic carbocycles. The van der Waals surface area contributed by atoms with Crippen LogP contribution in [-0.4, -0.2) is 42.6 Å². The normalized spacial score (nSPS) is 30.3. The minimum atomic E-state index is -0.315. The van der Waals surface area contributed by atoms with Crippen molar-refractivity contribution >= 4 is 5.91 Å². The van der Waals surface area contributed by atoms with E-state index < -0.39 is 0 Å². The quantitative estimate of drug-likeness (QED) is 0.806. The second-order valence-electron chi connectivity index (χ2n) is 5.87. The Morgan fingerprint density at radius 1 is 1.44 bits per heavy atom. The number of nitrogens with zero attached hydrogens (tertiary/aromatic N) is 1. The summed E-state index contributed by atoms with van der Waals surface area (Å²) in [6.07, 6.45) is 4.45. The maximum absolute atomic E-state index is 12.4. The van der Waals surface area contributed by atoms with Crippen molar-refractivity contribution in [3.8, 4) is 0 Å². The van der Waals surface area contributed by atoms with Crippen molar-refractivity contribution in [2.75, 3.05) is 19.7 Å². The smallest absolute Gasteiger partial charge is 0.251 e. The Morgan fingerprint density at radius 2 is 2.17 bits per heavy atom. The van der Waals surface area contributed by atoms with Crippen LogP contribution in [0.5, 0.6) is 0 Å². The van der Waals surface area contributed by atoms with E-state index in [1.165, 1.54) is 19.3 Å². The molecule has 3 atom stereocenters. The molecular formula is C14H26N2O2. The molecule has 0 unspecified atom stereocenters. The highest BCUT2D eigenvalue weighted by atomic mass is 16.5. The largest absolute Gasteiger partial charge is 0.368 e. The number of carbonyl (C=O) groups excluding carboxylic acids is 1. The SMILES string of the molecule is C[C@H](OCC1CC1)C(=O)N1CCC[C@H](C)[C@@H]1CN. The van der Waals surface area contributed by atoms with Gasteiger partial charge in [-0.15, -0.1) is 0 Å². The first-order chi connectivity index (χ1) is 8.63. The van der Waals surface area contributed by atoms with Gasteiger partial charge >= 0.3 is 0 Å². The molecule has 104 valence electrons. The maximum Gasteiger partial charge on any atom is 0.251 e. The van der Waals surface area contributed by atoms with Crippen molar-refractivity contribution in [3.05, 3.63) is 0 Å². The number of nitrogens with two attached hydrogens (primary N) is 1. The molecular weight excluding hydrogens is 228 g/mol. The molecule has 1 heterocycles. The van der Waals surface area contributed by atoms with Gasteiger partial charge in [-0.3, -0.25) is 4.79 Å². The van der Waals surface area contributed by atoms with E-state index in [0.717, 1.165) is 19.6 Å². The average molecular weight is 254 g/mol. The summed E-state index contributed by atoms with van der Waals surface area (Å²) in [5, 5.41) is 0. The fourth-order valence-electron chi connectivity index (χ4n) is 2.75. The zero-order valence-corrected chi connectivity index (χ0v) is 11.6. The number of likely N-dealkylation sites (tertiary alicyclic amines) is 1. The molecule has 0 spiro atoms. The molecule has 0 aromatic rings. The first-order valence-corrected chi connectivity index (χ1v) is 7.25. The van der Waals surface area contributed by atoms with Crippen molar-refractivity contribution in [1.29, 1.82) is 0 Å². The monoisotopic (exact) mass is 254 g/mol. The van der Waals surface area contributed by atoms with Gasteiger partial charge in [0, 0.05) is 19.1 Å². The van der Waals surface area contributed by atoms with Gasteiger partial charge in [-0.25, -0.2) is 0 Å². The number of rotatable bonds is 5. The molecule has 2 rings (SSSR count). The summed E-state index contributed by atoms with van der Waals surface area (Å²) < 4.78 is 5.68. The lowest BCUT2D eigenvalue weighted by Gasteiger charge is -2.40. The highest BCUT2D eigenvalue weighted by Gasteiger charge is 2.33. The van der Waals surface area contributed by atoms with E-state index in [1.54, 1.807) is 0 Å². The third-order valence-corrected chi connectivity index (χ3v) is 4.27. The lowest BCUT2D eigenvalue weighted by atomic mass is 9.90. The van der Waals surface area contributed by atoms with Gasteiger partial charge in [-0.1, -0.05) is 6.92 Å². The van der Waals surface area contributed by atoms with Gasteiger partial charge in [-0.2, -0.15) is 0 Å². The van der Waals surface area contributed by atoms with Crippen LogP contribution < -0.4 is 5.73 Å². The number of ether oxygens (including phenoxy) is 1. The summed E-state index contributed by atoms with van der Waals surface area (Å²) in [6, 6.07) is 0.193. The van der Waals surface area contributed by atoms with Crippen molar-refractivity contribution in [2.24, 2.45) is 17.6 Å². The van der Waals surface area contributed by atoms with Gasteiger partial charge in [0.2, 0.25) is 0 Å². The second-order valence-corrected chi connectivity index (χ2v) is 5.87. The molecule has 1 saturated carbocycles. The minimum absolute atomic E-state index is 0.123. The average Bonchev–Trinajstić information content (AvgIpc) is 3.18. The zero-order chi connectivity index (χ0) is 13.1. The summed E-state index contributed by atoms with van der Waals surface area (Å²) in [7, 11) is 0. The summed E-state index contributed by atoms with van der Waals surface area (Å²) >= 11 is 0. The number of piperidine rings is 1. The van der Waals surface area contributed by atoms with E-state index in [0.29, 0.717) is 18.4 Å². The molecule has 4 heteroatoms. The standard InChI is InChI=1S/C14H26N2O2/c1-10-4-3-7-16(13(10)8-15)14(17)11(2)18-9-12-5-6-12/h10-13H,3-9,15H2,1-2H3/t10-,11-,13-/m0/s1. The van der Waals surface area contributed by atoms with Crippen LogP contribution in [0.1, 0.15) is 39.5 Å². The number of carbonyl (C=O) groups is 1. The van der Waals surface area contributed by atoms with Gasteiger partial charge < -0.3 is 15.4 Å². The van der Waals surface area contributed by atoms with Crippen molar-refractivity contribution < 1.29 is 9.53 Å². The first-order valence-electron chi connectivity index (χ1n) is 7.25. The van der Waals surface area contributed by atoms with Crippen molar-refractivity contribution in [2.45, 2.75) is 51.7 Å². The van der Waals surface area contributed by atoms with E-state index in [-0.39, 0.29) is 18.1 Å². The fourth-order valence-corrected chi connectivity index (χ4v) is 2.75. The van der Waals surface area contributed by atoms with Crippen LogP contribution in [0, 0.1) is 11.8 Å². The van der Waals surface area contributed by atoms with Crippen LogP contribution in [0.15, 0.2) is 0 Å². The van der Waals surface area contributed by atoms with Crippen LogP contribution in [0.25, 0.3) is 0 Å². The summed E-state index contributed by atoms with van der Waals surface area (Å²) in [5.74, 6) is 1.33. The Morgan fingerprint density at radius 3 is 2.78 bits per heavy atom. The minimum Gasteiger partial charge on any atom is -0.368 e. The maximum atomic E-state index is 12.4. The van der Waals surface area contributed by atoms with Crippen molar-refractivity contribution in [3.63, 3.8) is 0 Å². The molecule has 2 N–H and O–H groups in total. The van der Waals surface area contributed by atoms with Crippen LogP contribution in [-0.2, 0) is 9.53 Å². The van der Waals surface area contributed by atoms with Gasteiger partial charge in [0.1, 0.15) is 6.10 Å². The molecule has 1 saturated heterocycles. The summed E-state index contributed by atoms with van der Waals surface area (Å²) in [5.41, 5.74) is 5.82. The molecule has 0 radical (unpaired) electrons. The summed E-state index contributed by atoms with van der Waals surface area (Å²) in [6.45, 7) is 6.19. The predicted molar refractivity (Wildman–Crippen MR) is 71.1 cm³/mol. The number of hydrogen-bond acceptors (Lipinski definition) is 3. The number of amides is 1. The summed E-state index contributed by atoms with van der Waals surface area (Å²) in [4.78, 5) is 14.3. The fraction of sp³-hybridized carbons (Fsp3) is 0.929.